The lowest BCUT2D eigenvalue weighted by Crippen LogP contribution is -2.15. The Bertz CT molecular complexity index is 917. The molecule has 3 rings (SSSR count). The van der Waals surface area contributed by atoms with Gasteiger partial charge in [0.1, 0.15) is 0 Å². The molecule has 0 radical (unpaired) electrons. The second kappa shape index (κ2) is 26.6. The van der Waals surface area contributed by atoms with Gasteiger partial charge < -0.3 is 10.5 Å². The number of aryl methyl sites for hydroxylation is 1. The van der Waals surface area contributed by atoms with Crippen LogP contribution < -0.4 is 5.73 Å². The maximum atomic E-state index is 11.4. The van der Waals surface area contributed by atoms with Crippen LogP contribution in [-0.2, 0) is 9.53 Å². The molecule has 1 aromatic rings. The first-order chi connectivity index (χ1) is 21.0. The topological polar surface area (TPSA) is 64.7 Å². The van der Waals surface area contributed by atoms with Crippen molar-refractivity contribution in [2.24, 2.45) is 22.6 Å². The van der Waals surface area contributed by atoms with Crippen LogP contribution in [0.4, 0.5) is 0 Å². The van der Waals surface area contributed by atoms with Gasteiger partial charge in [-0.15, -0.1) is 0 Å². The number of halogens is 1. The average Bonchev–Trinajstić information content (AvgIpc) is 3.48. The Hall–Kier alpha value is -1.65. The summed E-state index contributed by atoms with van der Waals surface area (Å²) in [6.45, 7) is 20.8. The number of ether oxygens (including phenoxy) is 1. The molecule has 0 aromatic heterocycles. The van der Waals surface area contributed by atoms with Gasteiger partial charge in [0, 0.05) is 30.8 Å². The number of nitrogens with two attached hydrogens (primary N) is 1. The molecule has 2 aliphatic carbocycles. The van der Waals surface area contributed by atoms with Crippen molar-refractivity contribution in [2.45, 2.75) is 165 Å². The van der Waals surface area contributed by atoms with Crippen LogP contribution in [0.1, 0.15) is 156 Å². The van der Waals surface area contributed by atoms with Gasteiger partial charge in [0.05, 0.1) is 11.8 Å². The van der Waals surface area contributed by atoms with Gasteiger partial charge in [-0.3, -0.25) is 9.79 Å². The third-order valence-corrected chi connectivity index (χ3v) is 9.09. The van der Waals surface area contributed by atoms with Gasteiger partial charge in [0.25, 0.3) is 0 Å². The molecule has 4 nitrogen and oxygen atoms in total. The van der Waals surface area contributed by atoms with E-state index < -0.39 is 0 Å². The number of carbonyl (C=O) groups is 1. The van der Waals surface area contributed by atoms with E-state index >= 15 is 0 Å². The summed E-state index contributed by atoms with van der Waals surface area (Å²) in [7, 11) is 0. The zero-order valence-electron chi connectivity index (χ0n) is 30.2. The number of unbranched alkanes of at least 4 members (excludes halogenated alkanes) is 3. The van der Waals surface area contributed by atoms with Crippen molar-refractivity contribution < 1.29 is 9.53 Å². The molecular formula is C39H69ClN2O2. The van der Waals surface area contributed by atoms with Crippen molar-refractivity contribution in [3.8, 4) is 0 Å². The molecule has 254 valence electrons. The molecule has 1 atom stereocenters. The number of benzene rings is 1. The number of allylic oxidation sites excluding steroid dienone is 2. The second-order valence-corrected chi connectivity index (χ2v) is 13.3. The normalized spacial score (nSPS) is 20.4. The summed E-state index contributed by atoms with van der Waals surface area (Å²) in [6.07, 6.45) is 19.2. The summed E-state index contributed by atoms with van der Waals surface area (Å²) in [6, 6.07) is 5.93. The summed E-state index contributed by atoms with van der Waals surface area (Å²) in [5.74, 6) is 1.75. The highest BCUT2D eigenvalue weighted by atomic mass is 35.5. The number of hydrogen-bond acceptors (Lipinski definition) is 4. The molecule has 5 heteroatoms. The lowest BCUT2D eigenvalue weighted by Gasteiger charge is -2.25. The fourth-order valence-electron chi connectivity index (χ4n) is 5.37. The lowest BCUT2D eigenvalue weighted by molar-refractivity contribution is -0.113. The first-order valence-corrected chi connectivity index (χ1v) is 18.3. The van der Waals surface area contributed by atoms with E-state index in [1.807, 2.05) is 19.1 Å². The van der Waals surface area contributed by atoms with Gasteiger partial charge in [-0.1, -0.05) is 116 Å². The van der Waals surface area contributed by atoms with Crippen molar-refractivity contribution in [3.05, 3.63) is 45.6 Å². The van der Waals surface area contributed by atoms with Crippen LogP contribution in [-0.4, -0.2) is 30.8 Å². The van der Waals surface area contributed by atoms with Gasteiger partial charge >= 0.3 is 0 Å². The van der Waals surface area contributed by atoms with Gasteiger partial charge in [-0.05, 0) is 93.9 Å². The zero-order valence-corrected chi connectivity index (χ0v) is 31.0. The monoisotopic (exact) mass is 633 g/mol. The van der Waals surface area contributed by atoms with Crippen LogP contribution in [0.5, 0.6) is 0 Å². The molecule has 2 N–H and O–H groups in total. The first kappa shape index (κ1) is 42.3. The SMILES string of the molecule is CC(=O)/C(N)=C1\CCCC1=NCCC1CCC(C)CC1.CCCCC.CCCC[C@H](C)OCCC.Cc1cccc(Cl)c1C. The number of Topliss-reactive ketones (excluding diaryl/α,β-unsaturated/α-hetero) is 1. The molecule has 44 heavy (non-hydrogen) atoms. The minimum Gasteiger partial charge on any atom is -0.396 e. The average molecular weight is 633 g/mol. The van der Waals surface area contributed by atoms with Crippen LogP contribution in [0.25, 0.3) is 0 Å². The summed E-state index contributed by atoms with van der Waals surface area (Å²) < 4.78 is 5.49. The molecular weight excluding hydrogens is 564 g/mol. The first-order valence-electron chi connectivity index (χ1n) is 17.9. The number of hydrogen-bond donors (Lipinski definition) is 1. The Balaban J connectivity index is 0.000000645. The van der Waals surface area contributed by atoms with E-state index in [0.29, 0.717) is 11.8 Å². The van der Waals surface area contributed by atoms with Gasteiger partial charge in [-0.25, -0.2) is 0 Å². The number of ketones is 1. The molecule has 2 fully saturated rings. The maximum Gasteiger partial charge on any atom is 0.175 e. The fraction of sp³-hybridized carbons (Fsp3) is 0.744. The van der Waals surface area contributed by atoms with Gasteiger partial charge in [0.2, 0.25) is 0 Å². The van der Waals surface area contributed by atoms with Crippen molar-refractivity contribution in [2.75, 3.05) is 13.2 Å². The molecule has 0 bridgehead atoms. The van der Waals surface area contributed by atoms with Crippen LogP contribution in [0.15, 0.2) is 34.5 Å². The number of nitrogens with zero attached hydrogens (tertiary/aromatic N) is 1. The van der Waals surface area contributed by atoms with E-state index in [4.69, 9.17) is 27.1 Å². The minimum atomic E-state index is -0.0177. The van der Waals surface area contributed by atoms with E-state index in [-0.39, 0.29) is 5.78 Å². The lowest BCUT2D eigenvalue weighted by atomic mass is 9.81. The highest BCUT2D eigenvalue weighted by molar-refractivity contribution is 6.31. The standard InChI is InChI=1S/C17H28N2O.C9H20O.C8H9Cl.C5H12/c1-12-6-8-14(9-7-12)10-11-19-16-5-3-4-15(16)17(18)13(2)20;1-4-6-7-9(3)10-8-5-2;1-6-4-3-5-8(9)7(6)2;1-3-5-4-2/h12,14H,3-11,18H2,1-2H3;9H,4-8H2,1-3H3;3-5H,1-2H3;3-5H2,1-2H3/b17-15-,19-16?;;;/t;9-;;/m.0../s1. The number of aliphatic imine (C=N–C) groups is 1. The molecule has 0 aliphatic heterocycles. The summed E-state index contributed by atoms with van der Waals surface area (Å²) in [5, 5.41) is 0.856. The van der Waals surface area contributed by atoms with Crippen LogP contribution >= 0.6 is 11.6 Å². The predicted octanol–water partition coefficient (Wildman–Crippen LogP) is 11.8. The highest BCUT2D eigenvalue weighted by Gasteiger charge is 2.21. The van der Waals surface area contributed by atoms with E-state index in [1.54, 1.807) is 6.92 Å². The molecule has 0 spiro atoms. The molecule has 0 saturated heterocycles. The Labute approximate surface area is 278 Å². The molecule has 1 aromatic carbocycles. The Kier molecular flexibility index (Phi) is 25.6. The van der Waals surface area contributed by atoms with E-state index in [9.17, 15) is 4.79 Å². The summed E-state index contributed by atoms with van der Waals surface area (Å²) in [4.78, 5) is 16.1. The number of carbonyl (C=O) groups excluding carboxylic acids is 1. The van der Waals surface area contributed by atoms with E-state index in [1.165, 1.54) is 81.8 Å². The van der Waals surface area contributed by atoms with Crippen molar-refractivity contribution in [3.63, 3.8) is 0 Å². The van der Waals surface area contributed by atoms with Crippen molar-refractivity contribution >= 4 is 23.1 Å². The maximum absolute atomic E-state index is 11.4. The fourth-order valence-corrected chi connectivity index (χ4v) is 5.59. The summed E-state index contributed by atoms with van der Waals surface area (Å²) >= 11 is 5.81. The Morgan fingerprint density at radius 2 is 1.64 bits per heavy atom. The molecule has 2 saturated carbocycles. The molecule has 0 amide bonds. The third kappa shape index (κ3) is 19.7. The quantitative estimate of drug-likeness (QED) is 0.233. The summed E-state index contributed by atoms with van der Waals surface area (Å²) in [5.41, 5.74) is 10.9. The third-order valence-electron chi connectivity index (χ3n) is 8.68. The smallest absolute Gasteiger partial charge is 0.175 e. The molecule has 0 unspecified atom stereocenters. The van der Waals surface area contributed by atoms with E-state index in [2.05, 4.69) is 54.5 Å². The van der Waals surface area contributed by atoms with Crippen molar-refractivity contribution in [1.82, 2.24) is 0 Å². The largest absolute Gasteiger partial charge is 0.396 e. The number of rotatable bonds is 12. The van der Waals surface area contributed by atoms with Gasteiger partial charge in [0.15, 0.2) is 5.78 Å². The highest BCUT2D eigenvalue weighted by Crippen LogP contribution is 2.31. The second-order valence-electron chi connectivity index (χ2n) is 12.9. The van der Waals surface area contributed by atoms with E-state index in [0.717, 1.165) is 67.0 Å². The zero-order chi connectivity index (χ0) is 33.3. The van der Waals surface area contributed by atoms with Crippen LogP contribution in [0, 0.1) is 25.7 Å². The van der Waals surface area contributed by atoms with Crippen LogP contribution in [0.3, 0.4) is 0 Å². The van der Waals surface area contributed by atoms with Crippen molar-refractivity contribution in [1.29, 1.82) is 0 Å². The predicted molar refractivity (Wildman–Crippen MR) is 195 cm³/mol. The van der Waals surface area contributed by atoms with Gasteiger partial charge in [-0.2, -0.15) is 0 Å². The Morgan fingerprint density at radius 1 is 1.00 bits per heavy atom. The molecule has 0 heterocycles. The van der Waals surface area contributed by atoms with Crippen LogP contribution in [0.2, 0.25) is 5.02 Å². The molecule has 2 aliphatic rings. The Morgan fingerprint density at radius 3 is 2.14 bits per heavy atom. The minimum absolute atomic E-state index is 0.0177.